The minimum Gasteiger partial charge on any atom is -0.481 e. The van der Waals surface area contributed by atoms with E-state index in [0.717, 1.165) is 5.69 Å². The number of carbonyl (C=O) groups excluding carboxylic acids is 1. The highest BCUT2D eigenvalue weighted by Gasteiger charge is 2.29. The molecule has 1 aromatic heterocycles. The largest absolute Gasteiger partial charge is 0.481 e. The second-order valence-corrected chi connectivity index (χ2v) is 6.01. The van der Waals surface area contributed by atoms with Gasteiger partial charge in [-0.05, 0) is 55.5 Å². The molecule has 8 nitrogen and oxygen atoms in total. The third kappa shape index (κ3) is 3.70. The Morgan fingerprint density at radius 2 is 1.92 bits per heavy atom. The fourth-order valence-corrected chi connectivity index (χ4v) is 2.83. The van der Waals surface area contributed by atoms with E-state index in [1.807, 2.05) is 26.0 Å². The fraction of sp³-hybridized carbons (Fsp3) is 0.500. The Bertz CT molecular complexity index is 664. The average Bonchev–Trinajstić information content (AvgIpc) is 3.08. The molecule has 0 bridgehead atoms. The van der Waals surface area contributed by atoms with Crippen LogP contribution in [-0.4, -0.2) is 62.4 Å². The van der Waals surface area contributed by atoms with Crippen LogP contribution in [-0.2, 0) is 9.53 Å². The molecule has 24 heavy (non-hydrogen) atoms. The quantitative estimate of drug-likeness (QED) is 0.833. The summed E-state index contributed by atoms with van der Waals surface area (Å²) >= 11 is 0. The molecule has 0 saturated carbocycles. The van der Waals surface area contributed by atoms with Crippen molar-refractivity contribution in [1.82, 2.24) is 25.1 Å². The molecule has 1 aromatic carbocycles. The molecule has 8 heteroatoms. The van der Waals surface area contributed by atoms with Gasteiger partial charge in [0.2, 0.25) is 0 Å². The molecule has 1 fully saturated rings. The first-order valence-electron chi connectivity index (χ1n) is 7.97. The molecule has 0 spiro atoms. The number of ether oxygens (including phenoxy) is 2. The lowest BCUT2D eigenvalue weighted by molar-refractivity contribution is -0.149. The third-order valence-corrected chi connectivity index (χ3v) is 3.84. The molecule has 0 radical (unpaired) electrons. The maximum absolute atomic E-state index is 12.6. The number of tetrazole rings is 1. The lowest BCUT2D eigenvalue weighted by Gasteiger charge is -2.36. The first-order chi connectivity index (χ1) is 11.5. The minimum absolute atomic E-state index is 0.0263. The smallest absolute Gasteiger partial charge is 0.263 e. The Balaban J connectivity index is 1.61. The molecule has 0 aliphatic carbocycles. The van der Waals surface area contributed by atoms with Gasteiger partial charge in [0.25, 0.3) is 5.91 Å². The standard InChI is InChI=1S/C16H21N5O3/c1-11-8-20(9-12(2)23-11)16(22)13(3)24-15-6-4-14(5-7-15)21-10-17-18-19-21/h4-7,10-13H,8-9H2,1-3H3. The van der Waals surface area contributed by atoms with Crippen molar-refractivity contribution in [2.24, 2.45) is 0 Å². The molecule has 3 atom stereocenters. The number of carbonyl (C=O) groups is 1. The van der Waals surface area contributed by atoms with Gasteiger partial charge in [0.15, 0.2) is 6.10 Å². The van der Waals surface area contributed by atoms with Crippen molar-refractivity contribution in [3.63, 3.8) is 0 Å². The van der Waals surface area contributed by atoms with Gasteiger partial charge in [-0.3, -0.25) is 4.79 Å². The monoisotopic (exact) mass is 331 g/mol. The third-order valence-electron chi connectivity index (χ3n) is 3.84. The highest BCUT2D eigenvalue weighted by Crippen LogP contribution is 2.18. The number of amides is 1. The van der Waals surface area contributed by atoms with Gasteiger partial charge in [-0.25, -0.2) is 4.68 Å². The van der Waals surface area contributed by atoms with Gasteiger partial charge < -0.3 is 14.4 Å². The van der Waals surface area contributed by atoms with Crippen LogP contribution < -0.4 is 4.74 Å². The van der Waals surface area contributed by atoms with Crippen LogP contribution in [0.2, 0.25) is 0 Å². The van der Waals surface area contributed by atoms with E-state index in [9.17, 15) is 4.79 Å². The van der Waals surface area contributed by atoms with Gasteiger partial charge in [-0.2, -0.15) is 0 Å². The van der Waals surface area contributed by atoms with E-state index < -0.39 is 6.10 Å². The molecule has 1 saturated heterocycles. The maximum atomic E-state index is 12.6. The highest BCUT2D eigenvalue weighted by molar-refractivity contribution is 5.81. The lowest BCUT2D eigenvalue weighted by atomic mass is 10.2. The fourth-order valence-electron chi connectivity index (χ4n) is 2.83. The van der Waals surface area contributed by atoms with Gasteiger partial charge >= 0.3 is 0 Å². The summed E-state index contributed by atoms with van der Waals surface area (Å²) in [5, 5.41) is 11.0. The maximum Gasteiger partial charge on any atom is 0.263 e. The first kappa shape index (κ1) is 16.4. The van der Waals surface area contributed by atoms with Crippen LogP contribution in [0, 0.1) is 0 Å². The zero-order valence-electron chi connectivity index (χ0n) is 14.0. The van der Waals surface area contributed by atoms with Crippen molar-refractivity contribution in [2.45, 2.75) is 39.1 Å². The average molecular weight is 331 g/mol. The van der Waals surface area contributed by atoms with Crippen LogP contribution >= 0.6 is 0 Å². The van der Waals surface area contributed by atoms with Gasteiger partial charge in [-0.1, -0.05) is 0 Å². The van der Waals surface area contributed by atoms with Crippen LogP contribution in [0.1, 0.15) is 20.8 Å². The predicted octanol–water partition coefficient (Wildman–Crippen LogP) is 1.07. The van der Waals surface area contributed by atoms with Crippen molar-refractivity contribution in [3.8, 4) is 11.4 Å². The summed E-state index contributed by atoms with van der Waals surface area (Å²) in [6.45, 7) is 6.89. The molecule has 1 aliphatic rings. The molecule has 0 N–H and O–H groups in total. The van der Waals surface area contributed by atoms with Gasteiger partial charge in [0.1, 0.15) is 12.1 Å². The molecule has 1 amide bonds. The summed E-state index contributed by atoms with van der Waals surface area (Å²) in [6.07, 6.45) is 1.05. The van der Waals surface area contributed by atoms with E-state index in [4.69, 9.17) is 9.47 Å². The minimum atomic E-state index is -0.554. The van der Waals surface area contributed by atoms with Crippen molar-refractivity contribution < 1.29 is 14.3 Å². The summed E-state index contributed by atoms with van der Waals surface area (Å²) < 4.78 is 13.0. The van der Waals surface area contributed by atoms with Crippen molar-refractivity contribution in [1.29, 1.82) is 0 Å². The van der Waals surface area contributed by atoms with E-state index in [0.29, 0.717) is 18.8 Å². The van der Waals surface area contributed by atoms with Gasteiger partial charge in [0.05, 0.1) is 17.9 Å². The van der Waals surface area contributed by atoms with E-state index in [-0.39, 0.29) is 18.1 Å². The number of aromatic nitrogens is 4. The van der Waals surface area contributed by atoms with E-state index in [2.05, 4.69) is 15.5 Å². The van der Waals surface area contributed by atoms with Gasteiger partial charge in [0, 0.05) is 13.1 Å². The SMILES string of the molecule is CC1CN(C(=O)C(C)Oc2ccc(-n3cnnn3)cc2)CC(C)O1. The Morgan fingerprint density at radius 3 is 2.50 bits per heavy atom. The molecule has 2 aromatic rings. The zero-order valence-corrected chi connectivity index (χ0v) is 14.0. The second-order valence-electron chi connectivity index (χ2n) is 6.01. The highest BCUT2D eigenvalue weighted by atomic mass is 16.5. The van der Waals surface area contributed by atoms with Crippen LogP contribution in [0.15, 0.2) is 30.6 Å². The molecular formula is C16H21N5O3. The number of hydrogen-bond donors (Lipinski definition) is 0. The molecule has 1 aliphatic heterocycles. The molecule has 3 rings (SSSR count). The van der Waals surface area contributed by atoms with Crippen LogP contribution in [0.3, 0.4) is 0 Å². The molecule has 128 valence electrons. The van der Waals surface area contributed by atoms with Crippen LogP contribution in [0.4, 0.5) is 0 Å². The summed E-state index contributed by atoms with van der Waals surface area (Å²) in [5.74, 6) is 0.601. The molecule has 2 heterocycles. The van der Waals surface area contributed by atoms with Crippen molar-refractivity contribution in [3.05, 3.63) is 30.6 Å². The van der Waals surface area contributed by atoms with E-state index in [1.165, 1.54) is 6.33 Å². The number of rotatable bonds is 4. The van der Waals surface area contributed by atoms with Crippen molar-refractivity contribution >= 4 is 5.91 Å². The van der Waals surface area contributed by atoms with Crippen molar-refractivity contribution in [2.75, 3.05) is 13.1 Å². The Hall–Kier alpha value is -2.48. The van der Waals surface area contributed by atoms with Crippen LogP contribution in [0.5, 0.6) is 5.75 Å². The molecule has 3 unspecified atom stereocenters. The van der Waals surface area contributed by atoms with Gasteiger partial charge in [-0.15, -0.1) is 5.10 Å². The lowest BCUT2D eigenvalue weighted by Crippen LogP contribution is -2.51. The summed E-state index contributed by atoms with van der Waals surface area (Å²) in [7, 11) is 0. The Morgan fingerprint density at radius 1 is 1.25 bits per heavy atom. The topological polar surface area (TPSA) is 82.4 Å². The van der Waals surface area contributed by atoms with E-state index in [1.54, 1.807) is 28.6 Å². The first-order valence-corrected chi connectivity index (χ1v) is 7.97. The number of morpholine rings is 1. The van der Waals surface area contributed by atoms with E-state index >= 15 is 0 Å². The normalized spacial score (nSPS) is 22.2. The summed E-state index contributed by atoms with van der Waals surface area (Å²) in [4.78, 5) is 14.4. The predicted molar refractivity (Wildman–Crippen MR) is 85.8 cm³/mol. The molecular weight excluding hydrogens is 310 g/mol. The number of benzene rings is 1. The Labute approximate surface area is 140 Å². The Kier molecular flexibility index (Phi) is 4.75. The number of hydrogen-bond acceptors (Lipinski definition) is 6. The zero-order chi connectivity index (χ0) is 17.1. The van der Waals surface area contributed by atoms with Crippen LogP contribution in [0.25, 0.3) is 5.69 Å². The summed E-state index contributed by atoms with van der Waals surface area (Å²) in [5.41, 5.74) is 0.821. The summed E-state index contributed by atoms with van der Waals surface area (Å²) in [6, 6.07) is 7.26. The number of nitrogens with zero attached hydrogens (tertiary/aromatic N) is 5. The second kappa shape index (κ2) is 6.96.